The van der Waals surface area contributed by atoms with Crippen LogP contribution in [0.15, 0.2) is 59.1 Å². The summed E-state index contributed by atoms with van der Waals surface area (Å²) in [5.74, 6) is -0.190. The van der Waals surface area contributed by atoms with E-state index in [1.54, 1.807) is 0 Å². The summed E-state index contributed by atoms with van der Waals surface area (Å²) in [6, 6.07) is 17.1. The van der Waals surface area contributed by atoms with Gasteiger partial charge in [-0.05, 0) is 42.0 Å². The third-order valence-corrected chi connectivity index (χ3v) is 4.76. The fraction of sp³-hybridized carbons (Fsp3) is 0.0625. The highest BCUT2D eigenvalue weighted by atomic mass is 79.9. The molecule has 1 aromatic heterocycles. The molecule has 4 nitrogen and oxygen atoms in total. The van der Waals surface area contributed by atoms with Gasteiger partial charge in [-0.15, -0.1) is 0 Å². The molecule has 0 amide bonds. The number of halogens is 1. The fourth-order valence-corrected chi connectivity index (χ4v) is 3.43. The monoisotopic (exact) mass is 376 g/mol. The Bertz CT molecular complexity index is 787. The van der Waals surface area contributed by atoms with Crippen molar-refractivity contribution >= 4 is 32.6 Å². The van der Waals surface area contributed by atoms with Crippen molar-refractivity contribution in [3.05, 3.63) is 64.6 Å². The molecule has 112 valence electrons. The van der Waals surface area contributed by atoms with Crippen molar-refractivity contribution in [3.63, 3.8) is 0 Å². The van der Waals surface area contributed by atoms with E-state index in [0.717, 1.165) is 22.3 Å². The summed E-state index contributed by atoms with van der Waals surface area (Å²) in [5, 5.41) is 12.6. The molecule has 22 heavy (non-hydrogen) atoms. The molecule has 2 aromatic carbocycles. The van der Waals surface area contributed by atoms with E-state index in [2.05, 4.69) is 37.8 Å². The van der Waals surface area contributed by atoms with Gasteiger partial charge in [0.2, 0.25) is 4.88 Å². The van der Waals surface area contributed by atoms with E-state index in [1.165, 1.54) is 11.6 Å². The van der Waals surface area contributed by atoms with Gasteiger partial charge < -0.3 is 15.0 Å². The molecule has 0 saturated carbocycles. The molecule has 1 unspecified atom stereocenters. The lowest BCUT2D eigenvalue weighted by Crippen LogP contribution is -1.98. The SMILES string of the molecule is [O-][s+]1nc(O)cc1-c1ccc(NCc2cccc(Br)c2)cc1. The van der Waals surface area contributed by atoms with Crippen LogP contribution in [0.1, 0.15) is 5.56 Å². The molecule has 0 fully saturated rings. The Balaban J connectivity index is 1.70. The molecular weight excluding hydrogens is 364 g/mol. The Labute approximate surface area is 139 Å². The largest absolute Gasteiger partial charge is 0.568 e. The minimum absolute atomic E-state index is 0.190. The molecule has 3 aromatic rings. The molecule has 6 heteroatoms. The van der Waals surface area contributed by atoms with Crippen LogP contribution in [0.3, 0.4) is 0 Å². The highest BCUT2D eigenvalue weighted by molar-refractivity contribution is 9.10. The van der Waals surface area contributed by atoms with Crippen molar-refractivity contribution in [3.8, 4) is 16.3 Å². The number of rotatable bonds is 4. The van der Waals surface area contributed by atoms with E-state index < -0.39 is 10.9 Å². The maximum absolute atomic E-state index is 11.7. The third-order valence-electron chi connectivity index (χ3n) is 3.18. The summed E-state index contributed by atoms with van der Waals surface area (Å²) in [7, 11) is -1.51. The second kappa shape index (κ2) is 6.48. The Hall–Kier alpha value is -1.89. The summed E-state index contributed by atoms with van der Waals surface area (Å²) in [4.78, 5) is 0.524. The molecule has 0 saturated heterocycles. The van der Waals surface area contributed by atoms with Gasteiger partial charge in [0.05, 0.1) is 17.0 Å². The number of aromatic hydroxyl groups is 1. The molecule has 0 aliphatic carbocycles. The van der Waals surface area contributed by atoms with Crippen molar-refractivity contribution in [1.82, 2.24) is 4.37 Å². The Kier molecular flexibility index (Phi) is 4.42. The first-order valence-electron chi connectivity index (χ1n) is 6.62. The van der Waals surface area contributed by atoms with Crippen molar-refractivity contribution in [2.24, 2.45) is 0 Å². The highest BCUT2D eigenvalue weighted by Crippen LogP contribution is 2.34. The quantitative estimate of drug-likeness (QED) is 0.655. The van der Waals surface area contributed by atoms with Gasteiger partial charge in [0.15, 0.2) is 0 Å². The first-order valence-corrected chi connectivity index (χ1v) is 8.52. The first-order chi connectivity index (χ1) is 10.6. The fourth-order valence-electron chi connectivity index (χ4n) is 2.12. The van der Waals surface area contributed by atoms with E-state index in [1.807, 2.05) is 36.4 Å². The molecule has 0 aliphatic heterocycles. The molecule has 3 rings (SSSR count). The molecule has 1 atom stereocenters. The summed E-state index contributed by atoms with van der Waals surface area (Å²) in [6.45, 7) is 0.720. The van der Waals surface area contributed by atoms with Crippen LogP contribution in [0.2, 0.25) is 0 Å². The summed E-state index contributed by atoms with van der Waals surface area (Å²) < 4.78 is 16.3. The average Bonchev–Trinajstić information content (AvgIpc) is 2.84. The lowest BCUT2D eigenvalue weighted by atomic mass is 10.1. The second-order valence-corrected chi connectivity index (χ2v) is 6.80. The first kappa shape index (κ1) is 15.0. The van der Waals surface area contributed by atoms with Crippen LogP contribution in [0, 0.1) is 0 Å². The maximum atomic E-state index is 11.7. The van der Waals surface area contributed by atoms with Gasteiger partial charge in [-0.3, -0.25) is 0 Å². The van der Waals surface area contributed by atoms with Crippen LogP contribution in [0.5, 0.6) is 5.88 Å². The van der Waals surface area contributed by atoms with Crippen LogP contribution in [-0.2, 0) is 6.54 Å². The molecule has 0 radical (unpaired) electrons. The van der Waals surface area contributed by atoms with Crippen molar-refractivity contribution < 1.29 is 9.66 Å². The predicted molar refractivity (Wildman–Crippen MR) is 91.5 cm³/mol. The molecule has 0 aliphatic rings. The van der Waals surface area contributed by atoms with Crippen molar-refractivity contribution in [2.45, 2.75) is 6.54 Å². The molecule has 0 spiro atoms. The highest BCUT2D eigenvalue weighted by Gasteiger charge is 2.14. The lowest BCUT2D eigenvalue weighted by Gasteiger charge is -2.07. The van der Waals surface area contributed by atoms with E-state index in [4.69, 9.17) is 0 Å². The molecule has 2 N–H and O–H groups in total. The van der Waals surface area contributed by atoms with Crippen LogP contribution in [0.25, 0.3) is 10.4 Å². The van der Waals surface area contributed by atoms with Gasteiger partial charge in [-0.2, -0.15) is 0 Å². The number of hydrogen-bond acceptors (Lipinski definition) is 4. The van der Waals surface area contributed by atoms with Gasteiger partial charge in [0.1, 0.15) is 0 Å². The molecular formula is C16H13BrN2O2S. The predicted octanol–water partition coefficient (Wildman–Crippen LogP) is 4.56. The van der Waals surface area contributed by atoms with Gasteiger partial charge in [0, 0.05) is 26.6 Å². The van der Waals surface area contributed by atoms with E-state index >= 15 is 0 Å². The Morgan fingerprint density at radius 3 is 2.55 bits per heavy atom. The van der Waals surface area contributed by atoms with E-state index in [-0.39, 0.29) is 5.88 Å². The summed E-state index contributed by atoms with van der Waals surface area (Å²) in [6.07, 6.45) is 0. The van der Waals surface area contributed by atoms with Gasteiger partial charge in [0.25, 0.3) is 5.88 Å². The molecule has 1 heterocycles. The topological polar surface area (TPSA) is 68.2 Å². The van der Waals surface area contributed by atoms with Gasteiger partial charge >= 0.3 is 0 Å². The minimum Gasteiger partial charge on any atom is -0.568 e. The zero-order valence-corrected chi connectivity index (χ0v) is 13.9. The number of aromatic nitrogens is 1. The Morgan fingerprint density at radius 1 is 1.14 bits per heavy atom. The van der Waals surface area contributed by atoms with Crippen molar-refractivity contribution in [2.75, 3.05) is 5.32 Å². The zero-order chi connectivity index (χ0) is 15.5. The number of nitrogens with zero attached hydrogens (tertiary/aromatic N) is 1. The zero-order valence-electron chi connectivity index (χ0n) is 11.5. The number of nitrogens with one attached hydrogen (secondary N) is 1. The van der Waals surface area contributed by atoms with Crippen LogP contribution in [0.4, 0.5) is 5.69 Å². The smallest absolute Gasteiger partial charge is 0.270 e. The number of benzene rings is 2. The normalized spacial score (nSPS) is 11.5. The summed E-state index contributed by atoms with van der Waals surface area (Å²) >= 11 is 3.45. The molecule has 0 bridgehead atoms. The Morgan fingerprint density at radius 2 is 1.91 bits per heavy atom. The lowest BCUT2D eigenvalue weighted by molar-refractivity contribution is 0.458. The van der Waals surface area contributed by atoms with Crippen LogP contribution < -0.4 is 5.32 Å². The summed E-state index contributed by atoms with van der Waals surface area (Å²) in [5.41, 5.74) is 2.94. The standard InChI is InChI=1S/C16H13BrN2O2S/c17-13-3-1-2-11(8-13)10-18-14-6-4-12(5-7-14)15-9-16(20)19-22(15)21/h1-9,18H,10H2,(H,19,20). The number of hydrogen-bond donors (Lipinski definition) is 2. The van der Waals surface area contributed by atoms with Gasteiger partial charge in [-0.25, -0.2) is 0 Å². The van der Waals surface area contributed by atoms with Gasteiger partial charge in [-0.1, -0.05) is 28.1 Å². The average molecular weight is 377 g/mol. The maximum Gasteiger partial charge on any atom is 0.270 e. The number of anilines is 1. The second-order valence-electron chi connectivity index (χ2n) is 4.77. The van der Waals surface area contributed by atoms with Crippen LogP contribution in [-0.4, -0.2) is 14.0 Å². The van der Waals surface area contributed by atoms with Crippen molar-refractivity contribution in [1.29, 1.82) is 0 Å². The minimum atomic E-state index is -1.51. The van der Waals surface area contributed by atoms with E-state index in [0.29, 0.717) is 4.88 Å². The van der Waals surface area contributed by atoms with E-state index in [9.17, 15) is 9.66 Å². The third kappa shape index (κ3) is 3.47. The van der Waals surface area contributed by atoms with Crippen LogP contribution >= 0.6 is 26.9 Å².